The van der Waals surface area contributed by atoms with Crippen LogP contribution in [0.3, 0.4) is 0 Å². The van der Waals surface area contributed by atoms with E-state index >= 15 is 0 Å². The fraction of sp³-hybridized carbons (Fsp3) is 0.533. The lowest BCUT2D eigenvalue weighted by Gasteiger charge is -2.09. The first-order valence-electron chi connectivity index (χ1n) is 8.49. The predicted octanol–water partition coefficient (Wildman–Crippen LogP) is -1.06. The first kappa shape index (κ1) is 20.3. The molecule has 0 radical (unpaired) electrons. The van der Waals surface area contributed by atoms with Crippen LogP contribution in [0.25, 0.3) is 0 Å². The Bertz CT molecular complexity index is 1090. The molecule has 0 unspecified atom stereocenters. The average molecular weight is 429 g/mol. The Morgan fingerprint density at radius 3 is 2.75 bits per heavy atom. The SMILES string of the molecule is Cc1[nH]c(=O)[nH]c(=O)c1CCc1nnc(SCC(=O)N[C@@H]2CCS(=O)(=O)C2)o1. The highest BCUT2D eigenvalue weighted by Gasteiger charge is 2.28. The summed E-state index contributed by atoms with van der Waals surface area (Å²) in [6.45, 7) is 1.63. The number of nitrogens with zero attached hydrogens (tertiary/aromatic N) is 2. The molecule has 1 amide bonds. The molecule has 1 aliphatic heterocycles. The molecule has 1 saturated heterocycles. The summed E-state index contributed by atoms with van der Waals surface area (Å²) >= 11 is 1.05. The Kier molecular flexibility index (Phi) is 6.03. The van der Waals surface area contributed by atoms with Crippen LogP contribution < -0.4 is 16.6 Å². The van der Waals surface area contributed by atoms with E-state index in [1.807, 2.05) is 0 Å². The number of amides is 1. The number of sulfone groups is 1. The molecular formula is C15H19N5O6S2. The van der Waals surface area contributed by atoms with Crippen LogP contribution in [0.1, 0.15) is 23.6 Å². The van der Waals surface area contributed by atoms with E-state index in [1.54, 1.807) is 6.92 Å². The Balaban J connectivity index is 1.49. The topological polar surface area (TPSA) is 168 Å². The third-order valence-corrected chi connectivity index (χ3v) is 6.80. The molecule has 0 bridgehead atoms. The van der Waals surface area contributed by atoms with Crippen molar-refractivity contribution < 1.29 is 17.6 Å². The van der Waals surface area contributed by atoms with Crippen molar-refractivity contribution in [3.05, 3.63) is 38.0 Å². The fourth-order valence-electron chi connectivity index (χ4n) is 2.86. The molecule has 3 N–H and O–H groups in total. The van der Waals surface area contributed by atoms with Crippen molar-refractivity contribution in [3.63, 3.8) is 0 Å². The third-order valence-electron chi connectivity index (χ3n) is 4.22. The maximum Gasteiger partial charge on any atom is 0.325 e. The molecule has 3 rings (SSSR count). The highest BCUT2D eigenvalue weighted by molar-refractivity contribution is 7.99. The van der Waals surface area contributed by atoms with Crippen LogP contribution in [0.4, 0.5) is 0 Å². The van der Waals surface area contributed by atoms with Gasteiger partial charge in [0.05, 0.1) is 17.3 Å². The summed E-state index contributed by atoms with van der Waals surface area (Å²) < 4.78 is 28.2. The number of hydrogen-bond acceptors (Lipinski definition) is 9. The van der Waals surface area contributed by atoms with E-state index in [0.29, 0.717) is 36.4 Å². The zero-order chi connectivity index (χ0) is 20.3. The minimum Gasteiger partial charge on any atom is -0.416 e. The number of nitrogens with one attached hydrogen (secondary N) is 3. The molecule has 1 atom stereocenters. The molecule has 13 heteroatoms. The Hall–Kier alpha value is -2.41. The summed E-state index contributed by atoms with van der Waals surface area (Å²) in [4.78, 5) is 39.6. The van der Waals surface area contributed by atoms with E-state index in [2.05, 4.69) is 25.5 Å². The molecule has 3 heterocycles. The van der Waals surface area contributed by atoms with Gasteiger partial charge in [-0.05, 0) is 19.8 Å². The van der Waals surface area contributed by atoms with Gasteiger partial charge in [-0.25, -0.2) is 13.2 Å². The lowest BCUT2D eigenvalue weighted by Crippen LogP contribution is -2.36. The molecule has 1 fully saturated rings. The second-order valence-electron chi connectivity index (χ2n) is 6.43. The molecule has 2 aromatic heterocycles. The molecule has 0 saturated carbocycles. The van der Waals surface area contributed by atoms with E-state index in [4.69, 9.17) is 4.42 Å². The van der Waals surface area contributed by atoms with Crippen molar-refractivity contribution in [2.75, 3.05) is 17.3 Å². The summed E-state index contributed by atoms with van der Waals surface area (Å²) in [6.07, 6.45) is 1.03. The summed E-state index contributed by atoms with van der Waals surface area (Å²) in [7, 11) is -3.05. The average Bonchev–Trinajstić information content (AvgIpc) is 3.18. The highest BCUT2D eigenvalue weighted by atomic mass is 32.2. The number of aromatic nitrogens is 4. The van der Waals surface area contributed by atoms with Crippen molar-refractivity contribution in [2.45, 2.75) is 37.5 Å². The second kappa shape index (κ2) is 8.31. The van der Waals surface area contributed by atoms with Gasteiger partial charge in [0.15, 0.2) is 9.84 Å². The molecule has 1 aliphatic rings. The molecule has 0 aliphatic carbocycles. The molecule has 0 spiro atoms. The van der Waals surface area contributed by atoms with Crippen LogP contribution in [0.15, 0.2) is 19.2 Å². The quantitative estimate of drug-likeness (QED) is 0.464. The molecule has 11 nitrogen and oxygen atoms in total. The van der Waals surface area contributed by atoms with Crippen LogP contribution >= 0.6 is 11.8 Å². The number of rotatable bonds is 7. The lowest BCUT2D eigenvalue weighted by atomic mass is 10.1. The largest absolute Gasteiger partial charge is 0.416 e. The maximum absolute atomic E-state index is 11.9. The number of aromatic amines is 2. The maximum atomic E-state index is 11.9. The van der Waals surface area contributed by atoms with Crippen LogP contribution in [0.5, 0.6) is 0 Å². The van der Waals surface area contributed by atoms with Gasteiger partial charge in [-0.1, -0.05) is 11.8 Å². The summed E-state index contributed by atoms with van der Waals surface area (Å²) in [5.74, 6) is 0.0846. The number of carbonyl (C=O) groups excluding carboxylic acids is 1. The summed E-state index contributed by atoms with van der Waals surface area (Å²) in [5.41, 5.74) is -0.108. The van der Waals surface area contributed by atoms with E-state index < -0.39 is 21.1 Å². The Labute approximate surface area is 163 Å². The van der Waals surface area contributed by atoms with Crippen molar-refractivity contribution >= 4 is 27.5 Å². The molecule has 28 heavy (non-hydrogen) atoms. The van der Waals surface area contributed by atoms with Crippen LogP contribution in [0, 0.1) is 6.92 Å². The second-order valence-corrected chi connectivity index (χ2v) is 9.58. The summed E-state index contributed by atoms with van der Waals surface area (Å²) in [6, 6.07) is -0.352. The van der Waals surface area contributed by atoms with Gasteiger partial charge in [0.1, 0.15) is 0 Å². The Morgan fingerprint density at radius 2 is 2.07 bits per heavy atom. The van der Waals surface area contributed by atoms with E-state index in [0.717, 1.165) is 11.8 Å². The van der Waals surface area contributed by atoms with Crippen molar-refractivity contribution in [1.29, 1.82) is 0 Å². The van der Waals surface area contributed by atoms with Gasteiger partial charge < -0.3 is 14.7 Å². The zero-order valence-electron chi connectivity index (χ0n) is 15.0. The van der Waals surface area contributed by atoms with Gasteiger partial charge in [0.2, 0.25) is 11.8 Å². The van der Waals surface area contributed by atoms with Gasteiger partial charge in [0, 0.05) is 23.7 Å². The van der Waals surface area contributed by atoms with E-state index in [1.165, 1.54) is 0 Å². The lowest BCUT2D eigenvalue weighted by molar-refractivity contribution is -0.119. The van der Waals surface area contributed by atoms with E-state index in [-0.39, 0.29) is 34.4 Å². The smallest absolute Gasteiger partial charge is 0.325 e. The Morgan fingerprint density at radius 1 is 1.29 bits per heavy atom. The summed E-state index contributed by atoms with van der Waals surface area (Å²) in [5, 5.41) is 10.6. The highest BCUT2D eigenvalue weighted by Crippen LogP contribution is 2.17. The van der Waals surface area contributed by atoms with Crippen molar-refractivity contribution in [2.24, 2.45) is 0 Å². The number of H-pyrrole nitrogens is 2. The van der Waals surface area contributed by atoms with Crippen LogP contribution in [-0.2, 0) is 27.5 Å². The predicted molar refractivity (Wildman–Crippen MR) is 100 cm³/mol. The van der Waals surface area contributed by atoms with Crippen molar-refractivity contribution in [1.82, 2.24) is 25.5 Å². The van der Waals surface area contributed by atoms with Gasteiger partial charge in [-0.3, -0.25) is 14.6 Å². The zero-order valence-corrected chi connectivity index (χ0v) is 16.6. The van der Waals surface area contributed by atoms with Gasteiger partial charge in [-0.15, -0.1) is 10.2 Å². The minimum atomic E-state index is -3.05. The number of hydrogen-bond donors (Lipinski definition) is 3. The standard InChI is InChI=1S/C15H19N5O6S2/c1-8-10(13(22)18-14(23)16-8)2-3-12-19-20-15(26-12)27-6-11(21)17-9-4-5-28(24,25)7-9/h9H,2-7H2,1H3,(H,17,21)(H2,16,18,22,23)/t9-/m1/s1. The first-order valence-corrected chi connectivity index (χ1v) is 11.3. The molecule has 2 aromatic rings. The van der Waals surface area contributed by atoms with E-state index in [9.17, 15) is 22.8 Å². The molecular weight excluding hydrogens is 410 g/mol. The van der Waals surface area contributed by atoms with Crippen LogP contribution in [-0.4, -0.2) is 57.8 Å². The number of thioether (sulfide) groups is 1. The van der Waals surface area contributed by atoms with Crippen LogP contribution in [0.2, 0.25) is 0 Å². The van der Waals surface area contributed by atoms with Gasteiger partial charge in [-0.2, -0.15) is 0 Å². The number of carbonyl (C=O) groups is 1. The minimum absolute atomic E-state index is 0.0247. The monoisotopic (exact) mass is 429 g/mol. The molecule has 152 valence electrons. The third kappa shape index (κ3) is 5.32. The number of aryl methyl sites for hydroxylation is 2. The normalized spacial score (nSPS) is 18.2. The first-order chi connectivity index (χ1) is 13.2. The van der Waals surface area contributed by atoms with Gasteiger partial charge in [0.25, 0.3) is 10.8 Å². The fourth-order valence-corrected chi connectivity index (χ4v) is 5.13. The van der Waals surface area contributed by atoms with Crippen molar-refractivity contribution in [3.8, 4) is 0 Å². The molecule has 0 aromatic carbocycles. The van der Waals surface area contributed by atoms with Gasteiger partial charge >= 0.3 is 5.69 Å².